The van der Waals surface area contributed by atoms with Gasteiger partial charge in [-0.05, 0) is 22.6 Å². The van der Waals surface area contributed by atoms with Crippen molar-refractivity contribution >= 4 is 34.4 Å². The summed E-state index contributed by atoms with van der Waals surface area (Å²) in [5, 5.41) is 10.4. The van der Waals surface area contributed by atoms with E-state index in [1.807, 2.05) is 22.6 Å². The van der Waals surface area contributed by atoms with Crippen molar-refractivity contribution in [3.05, 3.63) is 15.8 Å². The van der Waals surface area contributed by atoms with Gasteiger partial charge >= 0.3 is 6.08 Å². The number of hydrogen-bond donors (Lipinski definition) is 0. The Balaban J connectivity index is 3.05. The number of aromatic nitrogens is 2. The monoisotopic (exact) mass is 281 g/mol. The Morgan fingerprint density at radius 2 is 2.45 bits per heavy atom. The minimum absolute atomic E-state index is 0.362. The summed E-state index contributed by atoms with van der Waals surface area (Å²) in [4.78, 5) is 6.73. The van der Waals surface area contributed by atoms with Crippen LogP contribution < -0.4 is 0 Å². The van der Waals surface area contributed by atoms with E-state index in [1.165, 1.54) is 6.20 Å². The molecule has 0 spiro atoms. The van der Waals surface area contributed by atoms with E-state index in [0.717, 1.165) is 11.8 Å². The zero-order valence-corrected chi connectivity index (χ0v) is 8.06. The predicted molar refractivity (Wildman–Crippen MR) is 46.2 cm³/mol. The topological polar surface area (TPSA) is 49.6 Å². The first-order valence-corrected chi connectivity index (χ1v) is 4.37. The van der Waals surface area contributed by atoms with Crippen molar-refractivity contribution in [1.82, 2.24) is 9.97 Å². The van der Waals surface area contributed by atoms with Crippen molar-refractivity contribution in [2.75, 3.05) is 0 Å². The molecular weight excluding hydrogens is 280 g/mol. The third-order valence-electron chi connectivity index (χ3n) is 0.825. The summed E-state index contributed by atoms with van der Waals surface area (Å²) in [6.45, 7) is 0. The Labute approximate surface area is 80.2 Å². The third kappa shape index (κ3) is 2.27. The van der Waals surface area contributed by atoms with Crippen molar-refractivity contribution in [2.24, 2.45) is 0 Å². The average Bonchev–Trinajstić information content (AvgIpc) is 1.98. The van der Waals surface area contributed by atoms with Crippen LogP contribution in [0, 0.1) is 20.3 Å². The normalized spacial score (nSPS) is 9.18. The van der Waals surface area contributed by atoms with Crippen LogP contribution in [0.25, 0.3) is 0 Å². The molecule has 0 N–H and O–H groups in total. The average molecular weight is 281 g/mol. The lowest BCUT2D eigenvalue weighted by molar-refractivity contribution is 0.525. The molecule has 0 bridgehead atoms. The number of nitriles is 1. The van der Waals surface area contributed by atoms with Gasteiger partial charge in [-0.2, -0.15) is 14.6 Å². The molecular formula is C5HFIN3S. The molecule has 0 atom stereocenters. The van der Waals surface area contributed by atoms with E-state index in [2.05, 4.69) is 9.97 Å². The molecule has 0 amide bonds. The van der Waals surface area contributed by atoms with Gasteiger partial charge in [0.25, 0.3) is 0 Å². The highest BCUT2D eigenvalue weighted by Crippen LogP contribution is 2.19. The molecule has 0 aromatic carbocycles. The Kier molecular flexibility index (Phi) is 3.02. The van der Waals surface area contributed by atoms with Gasteiger partial charge in [0.2, 0.25) is 0 Å². The fourth-order valence-corrected chi connectivity index (χ4v) is 1.39. The summed E-state index contributed by atoms with van der Waals surface area (Å²) in [6.07, 6.45) is 0.533. The van der Waals surface area contributed by atoms with E-state index in [4.69, 9.17) is 5.26 Å². The minimum Gasteiger partial charge on any atom is -0.210 e. The summed E-state index contributed by atoms with van der Waals surface area (Å²) >= 11 is 2.76. The summed E-state index contributed by atoms with van der Waals surface area (Å²) in [6, 6.07) is 0. The zero-order chi connectivity index (χ0) is 8.27. The van der Waals surface area contributed by atoms with Crippen LogP contribution in [0.2, 0.25) is 0 Å². The number of halogens is 2. The second-order valence-corrected chi connectivity index (χ2v) is 3.42. The van der Waals surface area contributed by atoms with Crippen LogP contribution >= 0.6 is 34.4 Å². The lowest BCUT2D eigenvalue weighted by Crippen LogP contribution is -1.92. The van der Waals surface area contributed by atoms with Gasteiger partial charge in [-0.3, -0.25) is 0 Å². The van der Waals surface area contributed by atoms with Gasteiger partial charge in [-0.15, -0.1) is 0 Å². The molecule has 0 saturated heterocycles. The Morgan fingerprint density at radius 3 is 3.09 bits per heavy atom. The predicted octanol–water partition coefficient (Wildman–Crippen LogP) is 1.79. The maximum atomic E-state index is 12.3. The van der Waals surface area contributed by atoms with Gasteiger partial charge in [0, 0.05) is 18.0 Å². The Morgan fingerprint density at radius 1 is 1.73 bits per heavy atom. The van der Waals surface area contributed by atoms with E-state index in [9.17, 15) is 4.39 Å². The molecule has 6 heteroatoms. The summed E-state index contributed by atoms with van der Waals surface area (Å²) in [7, 11) is 0. The van der Waals surface area contributed by atoms with Gasteiger partial charge in [0.15, 0.2) is 0 Å². The molecule has 1 rings (SSSR count). The Bertz CT molecular complexity index is 311. The maximum absolute atomic E-state index is 12.3. The maximum Gasteiger partial charge on any atom is 0.309 e. The number of thiocyanates is 1. The first-order chi connectivity index (χ1) is 5.24. The molecule has 3 nitrogen and oxygen atoms in total. The quantitative estimate of drug-likeness (QED) is 0.259. The first-order valence-electron chi connectivity index (χ1n) is 2.48. The molecule has 1 aromatic rings. The van der Waals surface area contributed by atoms with Crippen LogP contribution in [0.4, 0.5) is 4.39 Å². The van der Waals surface area contributed by atoms with Gasteiger partial charge in [0.1, 0.15) is 10.4 Å². The van der Waals surface area contributed by atoms with Crippen LogP contribution in [0.15, 0.2) is 11.2 Å². The van der Waals surface area contributed by atoms with Crippen LogP contribution in [0.3, 0.4) is 0 Å². The SMILES string of the molecule is N#CSc1nc(F)ncc1I. The zero-order valence-electron chi connectivity index (χ0n) is 5.08. The van der Waals surface area contributed by atoms with Gasteiger partial charge in [-0.1, -0.05) is 0 Å². The molecule has 0 aliphatic carbocycles. The molecule has 0 aliphatic rings. The minimum atomic E-state index is -0.803. The van der Waals surface area contributed by atoms with Crippen LogP contribution in [-0.4, -0.2) is 9.97 Å². The summed E-state index contributed by atoms with van der Waals surface area (Å²) in [5.41, 5.74) is 0. The molecule has 1 aromatic heterocycles. The van der Waals surface area contributed by atoms with Crippen LogP contribution in [0.5, 0.6) is 0 Å². The third-order valence-corrected chi connectivity index (χ3v) is 2.58. The fraction of sp³-hybridized carbons (Fsp3) is 0. The molecule has 0 aliphatic heterocycles. The summed E-state index contributed by atoms with van der Waals surface area (Å²) < 4.78 is 13.0. The van der Waals surface area contributed by atoms with Crippen molar-refractivity contribution in [3.8, 4) is 5.40 Å². The highest BCUT2D eigenvalue weighted by Gasteiger charge is 2.03. The van der Waals surface area contributed by atoms with Crippen molar-refractivity contribution < 1.29 is 4.39 Å². The van der Waals surface area contributed by atoms with E-state index >= 15 is 0 Å². The molecule has 56 valence electrons. The van der Waals surface area contributed by atoms with Crippen molar-refractivity contribution in [2.45, 2.75) is 5.03 Å². The van der Waals surface area contributed by atoms with Crippen molar-refractivity contribution in [3.63, 3.8) is 0 Å². The van der Waals surface area contributed by atoms with Gasteiger partial charge < -0.3 is 0 Å². The van der Waals surface area contributed by atoms with E-state index < -0.39 is 6.08 Å². The number of thioether (sulfide) groups is 1. The largest absolute Gasteiger partial charge is 0.309 e. The number of nitrogens with zero attached hydrogens (tertiary/aromatic N) is 3. The molecule has 0 saturated carbocycles. The van der Waals surface area contributed by atoms with Gasteiger partial charge in [-0.25, -0.2) is 4.98 Å². The number of rotatable bonds is 1. The van der Waals surface area contributed by atoms with Crippen LogP contribution in [0.1, 0.15) is 0 Å². The molecule has 0 radical (unpaired) electrons. The van der Waals surface area contributed by atoms with Crippen molar-refractivity contribution in [1.29, 1.82) is 5.26 Å². The van der Waals surface area contributed by atoms with E-state index in [-0.39, 0.29) is 0 Å². The summed E-state index contributed by atoms with van der Waals surface area (Å²) in [5.74, 6) is 0. The molecule has 0 unspecified atom stereocenters. The second kappa shape index (κ2) is 3.82. The second-order valence-electron chi connectivity index (χ2n) is 1.49. The highest BCUT2D eigenvalue weighted by molar-refractivity contribution is 14.1. The molecule has 0 fully saturated rings. The highest BCUT2D eigenvalue weighted by atomic mass is 127. The first kappa shape index (κ1) is 8.67. The standard InChI is InChI=1S/C5HFIN3S/c6-5-9-1-3(7)4(10-5)11-2-8/h1H. The van der Waals surface area contributed by atoms with Gasteiger partial charge in [0.05, 0.1) is 3.57 Å². The van der Waals surface area contributed by atoms with Crippen LogP contribution in [-0.2, 0) is 0 Å². The number of hydrogen-bond acceptors (Lipinski definition) is 4. The smallest absolute Gasteiger partial charge is 0.210 e. The molecule has 11 heavy (non-hydrogen) atoms. The fourth-order valence-electron chi connectivity index (χ4n) is 0.446. The van der Waals surface area contributed by atoms with E-state index in [1.54, 1.807) is 5.40 Å². The Hall–Kier alpha value is -0.420. The lowest BCUT2D eigenvalue weighted by atomic mass is 10.7. The molecule has 1 heterocycles. The lowest BCUT2D eigenvalue weighted by Gasteiger charge is -1.94. The van der Waals surface area contributed by atoms with E-state index in [0.29, 0.717) is 8.60 Å².